The van der Waals surface area contributed by atoms with Crippen LogP contribution in [-0.2, 0) is 15.8 Å². The smallest absolute Gasteiger partial charge is 0.387 e. The van der Waals surface area contributed by atoms with Crippen molar-refractivity contribution < 1.29 is 26.7 Å². The Kier molecular flexibility index (Phi) is 4.97. The van der Waals surface area contributed by atoms with Crippen LogP contribution in [0.25, 0.3) is 11.1 Å². The molecule has 0 bridgehead atoms. The molecule has 5 nitrogen and oxygen atoms in total. The molecule has 3 aromatic carbocycles. The number of nitrogens with two attached hydrogens (primary N) is 1. The molecule has 4 rings (SSSR count). The van der Waals surface area contributed by atoms with Crippen molar-refractivity contribution in [2.45, 2.75) is 18.5 Å². The fourth-order valence-electron chi connectivity index (χ4n) is 3.51. The number of hydrogen-bond acceptors (Lipinski definition) is 4. The van der Waals surface area contributed by atoms with Crippen molar-refractivity contribution in [1.82, 2.24) is 0 Å². The van der Waals surface area contributed by atoms with Crippen molar-refractivity contribution in [3.05, 3.63) is 83.4 Å². The molecule has 0 aromatic heterocycles. The Labute approximate surface area is 166 Å². The lowest BCUT2D eigenvalue weighted by Gasteiger charge is -2.30. The van der Waals surface area contributed by atoms with Crippen LogP contribution in [-0.4, -0.2) is 15.0 Å². The first-order chi connectivity index (χ1) is 13.8. The van der Waals surface area contributed by atoms with E-state index in [4.69, 9.17) is 14.6 Å². The van der Waals surface area contributed by atoms with Crippen molar-refractivity contribution in [1.29, 1.82) is 0 Å². The Morgan fingerprint density at radius 1 is 1.03 bits per heavy atom. The highest BCUT2D eigenvalue weighted by molar-refractivity contribution is 7.88. The van der Waals surface area contributed by atoms with Gasteiger partial charge < -0.3 is 9.47 Å². The molecule has 1 heterocycles. The quantitative estimate of drug-likeness (QED) is 0.674. The van der Waals surface area contributed by atoms with Gasteiger partial charge in [0.25, 0.3) is 0 Å². The predicted molar refractivity (Wildman–Crippen MR) is 104 cm³/mol. The van der Waals surface area contributed by atoms with Crippen molar-refractivity contribution >= 4 is 10.0 Å². The van der Waals surface area contributed by atoms with Gasteiger partial charge in [0.1, 0.15) is 17.6 Å². The van der Waals surface area contributed by atoms with Gasteiger partial charge >= 0.3 is 6.61 Å². The maximum absolute atomic E-state index is 12.9. The molecule has 8 heteroatoms. The Hall–Kier alpha value is -2.97. The van der Waals surface area contributed by atoms with Crippen LogP contribution in [0.4, 0.5) is 8.78 Å². The van der Waals surface area contributed by atoms with Crippen molar-refractivity contribution in [3.63, 3.8) is 0 Å². The van der Waals surface area contributed by atoms with Gasteiger partial charge in [-0.25, -0.2) is 13.6 Å². The van der Waals surface area contributed by atoms with Gasteiger partial charge in [-0.1, -0.05) is 54.6 Å². The second kappa shape index (κ2) is 7.46. The summed E-state index contributed by atoms with van der Waals surface area (Å²) in [5.74, 6) is 0.0530. The van der Waals surface area contributed by atoms with Crippen molar-refractivity contribution in [2.24, 2.45) is 5.14 Å². The highest BCUT2D eigenvalue weighted by Gasteiger charge is 2.30. The summed E-state index contributed by atoms with van der Waals surface area (Å²) in [6.07, 6.45) is -0.541. The average molecular weight is 417 g/mol. The molecule has 2 N–H and O–H groups in total. The number of rotatable bonds is 5. The van der Waals surface area contributed by atoms with E-state index < -0.39 is 22.7 Å². The van der Waals surface area contributed by atoms with Gasteiger partial charge in [0.2, 0.25) is 10.0 Å². The molecule has 0 radical (unpaired) electrons. The van der Waals surface area contributed by atoms with Crippen LogP contribution in [0.2, 0.25) is 0 Å². The summed E-state index contributed by atoms with van der Waals surface area (Å²) in [5.41, 5.74) is 3.00. The normalized spacial score (nSPS) is 15.4. The minimum Gasteiger partial charge on any atom is -0.480 e. The Morgan fingerprint density at radius 2 is 1.79 bits per heavy atom. The summed E-state index contributed by atoms with van der Waals surface area (Å²) >= 11 is 0. The fourth-order valence-corrected chi connectivity index (χ4v) is 4.16. The molecule has 0 fully saturated rings. The van der Waals surface area contributed by atoms with Crippen LogP contribution >= 0.6 is 0 Å². The van der Waals surface area contributed by atoms with Gasteiger partial charge in [-0.2, -0.15) is 8.78 Å². The van der Waals surface area contributed by atoms with Crippen LogP contribution in [0, 0.1) is 0 Å². The van der Waals surface area contributed by atoms with Crippen LogP contribution in [0.3, 0.4) is 0 Å². The van der Waals surface area contributed by atoms with E-state index in [9.17, 15) is 17.2 Å². The van der Waals surface area contributed by atoms with Crippen molar-refractivity contribution in [2.75, 3.05) is 0 Å². The van der Waals surface area contributed by atoms with Crippen LogP contribution in [0.5, 0.6) is 11.5 Å². The third-order valence-corrected chi connectivity index (χ3v) is 5.32. The topological polar surface area (TPSA) is 78.6 Å². The van der Waals surface area contributed by atoms with E-state index in [0.29, 0.717) is 28.0 Å². The number of sulfonamides is 1. The summed E-state index contributed by atoms with van der Waals surface area (Å²) in [4.78, 5) is 0. The largest absolute Gasteiger partial charge is 0.480 e. The summed E-state index contributed by atoms with van der Waals surface area (Å²) in [7, 11) is -3.74. The Morgan fingerprint density at radius 3 is 2.48 bits per heavy atom. The molecule has 29 heavy (non-hydrogen) atoms. The minimum absolute atomic E-state index is 0.00976. The first-order valence-electron chi connectivity index (χ1n) is 8.75. The molecule has 150 valence electrons. The summed E-state index contributed by atoms with van der Waals surface area (Å²) in [6, 6.07) is 19.0. The highest BCUT2D eigenvalue weighted by Crippen LogP contribution is 2.49. The number of hydrogen-bond donors (Lipinski definition) is 1. The average Bonchev–Trinajstić information content (AvgIpc) is 2.66. The van der Waals surface area contributed by atoms with E-state index >= 15 is 0 Å². The standard InChI is InChI=1S/C21H17F2NO4S/c22-21(23)28-18-8-4-7-17-19(18)15-10-9-13(12-29(24,25)26)11-16(15)20(27-17)14-5-2-1-3-6-14/h1-11,20-21H,12H2,(H2,24,25,26). The predicted octanol–water partition coefficient (Wildman–Crippen LogP) is 4.23. The molecule has 1 aliphatic heterocycles. The van der Waals surface area contributed by atoms with E-state index in [1.165, 1.54) is 6.07 Å². The Bertz CT molecular complexity index is 1150. The maximum atomic E-state index is 12.9. The van der Waals surface area contributed by atoms with E-state index in [-0.39, 0.29) is 11.5 Å². The minimum atomic E-state index is -3.74. The zero-order chi connectivity index (χ0) is 20.6. The molecule has 0 spiro atoms. The second-order valence-corrected chi connectivity index (χ2v) is 8.26. The molecule has 1 aliphatic rings. The fraction of sp³-hybridized carbons (Fsp3) is 0.143. The number of halogens is 2. The van der Waals surface area contributed by atoms with E-state index in [1.807, 2.05) is 30.3 Å². The van der Waals surface area contributed by atoms with Gasteiger partial charge in [-0.3, -0.25) is 0 Å². The summed E-state index contributed by atoms with van der Waals surface area (Å²) in [6.45, 7) is -2.99. The molecular weight excluding hydrogens is 400 g/mol. The van der Waals surface area contributed by atoms with Crippen LogP contribution < -0.4 is 14.6 Å². The van der Waals surface area contributed by atoms with Gasteiger partial charge in [-0.05, 0) is 28.8 Å². The third kappa shape index (κ3) is 4.08. The molecule has 1 atom stereocenters. The number of benzene rings is 3. The summed E-state index contributed by atoms with van der Waals surface area (Å²) in [5, 5.41) is 5.18. The van der Waals surface area contributed by atoms with Crippen LogP contribution in [0.1, 0.15) is 22.8 Å². The first-order valence-corrected chi connectivity index (χ1v) is 10.5. The monoisotopic (exact) mass is 417 g/mol. The lowest BCUT2D eigenvalue weighted by molar-refractivity contribution is -0.0496. The van der Waals surface area contributed by atoms with Gasteiger partial charge in [0, 0.05) is 5.56 Å². The Balaban J connectivity index is 1.91. The summed E-state index contributed by atoms with van der Waals surface area (Å²) < 4.78 is 59.7. The van der Waals surface area contributed by atoms with Gasteiger partial charge in [-0.15, -0.1) is 0 Å². The number of primary sulfonamides is 1. The van der Waals surface area contributed by atoms with E-state index in [0.717, 1.165) is 5.56 Å². The number of fused-ring (bicyclic) bond motifs is 3. The molecule has 1 unspecified atom stereocenters. The molecule has 0 amide bonds. The maximum Gasteiger partial charge on any atom is 0.387 e. The first kappa shape index (κ1) is 19.4. The number of ether oxygens (including phenoxy) is 2. The highest BCUT2D eigenvalue weighted by atomic mass is 32.2. The van der Waals surface area contributed by atoms with Gasteiger partial charge in [0.05, 0.1) is 11.3 Å². The lowest BCUT2D eigenvalue weighted by Crippen LogP contribution is -2.18. The molecule has 0 saturated carbocycles. The molecule has 3 aromatic rings. The molecular formula is C21H17F2NO4S. The van der Waals surface area contributed by atoms with Gasteiger partial charge in [0.15, 0.2) is 0 Å². The third-order valence-electron chi connectivity index (χ3n) is 4.59. The van der Waals surface area contributed by atoms with E-state index in [2.05, 4.69) is 0 Å². The van der Waals surface area contributed by atoms with E-state index in [1.54, 1.807) is 30.3 Å². The zero-order valence-corrected chi connectivity index (χ0v) is 15.9. The number of alkyl halides is 2. The second-order valence-electron chi connectivity index (χ2n) is 6.65. The SMILES string of the molecule is NS(=O)(=O)Cc1ccc2c(c1)C(c1ccccc1)Oc1cccc(OC(F)F)c1-2. The van der Waals surface area contributed by atoms with Crippen LogP contribution in [0.15, 0.2) is 66.7 Å². The molecule has 0 aliphatic carbocycles. The lowest BCUT2D eigenvalue weighted by atomic mass is 9.88. The molecule has 0 saturated heterocycles. The zero-order valence-electron chi connectivity index (χ0n) is 15.1. The van der Waals surface area contributed by atoms with Crippen molar-refractivity contribution in [3.8, 4) is 22.6 Å².